The highest BCUT2D eigenvalue weighted by atomic mass is 16.6. The van der Waals surface area contributed by atoms with Crippen molar-refractivity contribution in [1.82, 2.24) is 4.90 Å². The van der Waals surface area contributed by atoms with Crippen LogP contribution in [0.1, 0.15) is 19.3 Å². The minimum absolute atomic E-state index is 0.251. The van der Waals surface area contributed by atoms with E-state index >= 15 is 0 Å². The number of rotatable bonds is 2. The Kier molecular flexibility index (Phi) is 3.80. The van der Waals surface area contributed by atoms with Crippen LogP contribution in [0.5, 0.6) is 0 Å². The Morgan fingerprint density at radius 3 is 2.92 bits per heavy atom. The molecule has 1 atom stereocenters. The van der Waals surface area contributed by atoms with E-state index in [9.17, 15) is 4.79 Å². The quantitative estimate of drug-likeness (QED) is 0.613. The topological polar surface area (TPSA) is 29.5 Å². The molecule has 0 heterocycles. The number of ether oxygens (including phenoxy) is 1. The van der Waals surface area contributed by atoms with Crippen molar-refractivity contribution in [2.75, 3.05) is 20.7 Å². The maximum atomic E-state index is 11.1. The number of allylic oxidation sites excluding steroid dienone is 1. The zero-order valence-corrected chi connectivity index (χ0v) is 8.32. The van der Waals surface area contributed by atoms with E-state index in [4.69, 9.17) is 4.74 Å². The molecule has 0 aromatic rings. The first kappa shape index (κ1) is 10.1. The van der Waals surface area contributed by atoms with Gasteiger partial charge in [-0.25, -0.2) is 4.79 Å². The summed E-state index contributed by atoms with van der Waals surface area (Å²) in [6.07, 6.45) is 7.57. The van der Waals surface area contributed by atoms with Gasteiger partial charge in [0, 0.05) is 20.0 Å². The minimum atomic E-state index is -0.251. The van der Waals surface area contributed by atoms with Gasteiger partial charge in [0.15, 0.2) is 0 Å². The van der Waals surface area contributed by atoms with Gasteiger partial charge < -0.3 is 9.64 Å². The van der Waals surface area contributed by atoms with Gasteiger partial charge >= 0.3 is 6.09 Å². The Balaban J connectivity index is 2.21. The first-order chi connectivity index (χ1) is 6.20. The molecule has 1 aliphatic rings. The third kappa shape index (κ3) is 3.49. The van der Waals surface area contributed by atoms with Crippen LogP contribution in [0, 0.1) is 5.92 Å². The number of hydrogen-bond acceptors (Lipinski definition) is 2. The van der Waals surface area contributed by atoms with Gasteiger partial charge in [-0.3, -0.25) is 0 Å². The zero-order valence-electron chi connectivity index (χ0n) is 8.32. The molecule has 0 N–H and O–H groups in total. The lowest BCUT2D eigenvalue weighted by atomic mass is 9.97. The van der Waals surface area contributed by atoms with Crippen molar-refractivity contribution in [2.45, 2.75) is 19.3 Å². The highest BCUT2D eigenvalue weighted by molar-refractivity contribution is 5.66. The second-order valence-electron chi connectivity index (χ2n) is 3.59. The Bertz CT molecular complexity index is 199. The molecule has 0 radical (unpaired) electrons. The molecule has 74 valence electrons. The smallest absolute Gasteiger partial charge is 0.409 e. The van der Waals surface area contributed by atoms with E-state index in [1.54, 1.807) is 14.1 Å². The van der Waals surface area contributed by atoms with Gasteiger partial charge in [0.25, 0.3) is 0 Å². The largest absolute Gasteiger partial charge is 0.449 e. The Labute approximate surface area is 79.4 Å². The molecule has 1 unspecified atom stereocenters. The van der Waals surface area contributed by atoms with Gasteiger partial charge in [-0.2, -0.15) is 0 Å². The molecular formula is C10H17NO2. The molecule has 0 fully saturated rings. The van der Waals surface area contributed by atoms with Gasteiger partial charge in [0.2, 0.25) is 0 Å². The molecule has 0 saturated heterocycles. The van der Waals surface area contributed by atoms with E-state index in [2.05, 4.69) is 12.2 Å². The van der Waals surface area contributed by atoms with Crippen LogP contribution in [0.25, 0.3) is 0 Å². The lowest BCUT2D eigenvalue weighted by molar-refractivity contribution is 0.106. The molecule has 1 amide bonds. The molecule has 3 heteroatoms. The first-order valence-corrected chi connectivity index (χ1v) is 4.71. The fraction of sp³-hybridized carbons (Fsp3) is 0.700. The number of amides is 1. The second-order valence-corrected chi connectivity index (χ2v) is 3.59. The zero-order chi connectivity index (χ0) is 9.68. The molecule has 0 saturated carbocycles. The lowest BCUT2D eigenvalue weighted by Gasteiger charge is -2.17. The van der Waals surface area contributed by atoms with E-state index in [0.717, 1.165) is 12.8 Å². The van der Waals surface area contributed by atoms with E-state index in [1.165, 1.54) is 11.3 Å². The average Bonchev–Trinajstić information content (AvgIpc) is 2.15. The monoisotopic (exact) mass is 183 g/mol. The summed E-state index contributed by atoms with van der Waals surface area (Å²) in [6.45, 7) is 0.521. The Hall–Kier alpha value is -0.990. The summed E-state index contributed by atoms with van der Waals surface area (Å²) in [6, 6.07) is 0. The van der Waals surface area contributed by atoms with Gasteiger partial charge in [-0.05, 0) is 19.3 Å². The lowest BCUT2D eigenvalue weighted by Crippen LogP contribution is -2.25. The molecule has 1 aliphatic carbocycles. The van der Waals surface area contributed by atoms with Crippen LogP contribution in [0.4, 0.5) is 4.79 Å². The van der Waals surface area contributed by atoms with Crippen LogP contribution >= 0.6 is 0 Å². The van der Waals surface area contributed by atoms with Crippen molar-refractivity contribution >= 4 is 6.09 Å². The highest BCUT2D eigenvalue weighted by Gasteiger charge is 2.11. The van der Waals surface area contributed by atoms with Crippen LogP contribution in [0.3, 0.4) is 0 Å². The third-order valence-electron chi connectivity index (χ3n) is 2.14. The Morgan fingerprint density at radius 1 is 1.62 bits per heavy atom. The van der Waals surface area contributed by atoms with Crippen molar-refractivity contribution in [3.05, 3.63) is 12.2 Å². The average molecular weight is 183 g/mol. The summed E-state index contributed by atoms with van der Waals surface area (Å²) in [5.41, 5.74) is 0. The molecule has 0 bridgehead atoms. The fourth-order valence-corrected chi connectivity index (χ4v) is 1.33. The predicted molar refractivity (Wildman–Crippen MR) is 51.5 cm³/mol. The van der Waals surface area contributed by atoms with Crippen molar-refractivity contribution in [2.24, 2.45) is 5.92 Å². The number of carbonyl (C=O) groups is 1. The van der Waals surface area contributed by atoms with Crippen molar-refractivity contribution in [1.29, 1.82) is 0 Å². The summed E-state index contributed by atoms with van der Waals surface area (Å²) < 4.78 is 5.08. The van der Waals surface area contributed by atoms with Crippen molar-refractivity contribution in [3.63, 3.8) is 0 Å². The van der Waals surface area contributed by atoms with Gasteiger partial charge in [-0.1, -0.05) is 12.2 Å². The maximum absolute atomic E-state index is 11.1. The molecular weight excluding hydrogens is 166 g/mol. The Morgan fingerprint density at radius 2 is 2.38 bits per heavy atom. The predicted octanol–water partition coefficient (Wildman–Crippen LogP) is 2.04. The highest BCUT2D eigenvalue weighted by Crippen LogP contribution is 2.17. The van der Waals surface area contributed by atoms with Crippen LogP contribution < -0.4 is 0 Å². The van der Waals surface area contributed by atoms with Crippen LogP contribution in [0.15, 0.2) is 12.2 Å². The van der Waals surface area contributed by atoms with Gasteiger partial charge in [-0.15, -0.1) is 0 Å². The molecule has 0 aromatic heterocycles. The SMILES string of the molecule is CN(C)C(=O)OCC1C=CCCC1. The normalized spacial score (nSPS) is 21.2. The van der Waals surface area contributed by atoms with Crippen molar-refractivity contribution < 1.29 is 9.53 Å². The van der Waals surface area contributed by atoms with Crippen molar-refractivity contribution in [3.8, 4) is 0 Å². The summed E-state index contributed by atoms with van der Waals surface area (Å²) in [5.74, 6) is 0.428. The molecule has 1 rings (SSSR count). The van der Waals surface area contributed by atoms with Crippen LogP contribution in [-0.2, 0) is 4.74 Å². The first-order valence-electron chi connectivity index (χ1n) is 4.71. The second kappa shape index (κ2) is 4.90. The molecule has 3 nitrogen and oxygen atoms in total. The van der Waals surface area contributed by atoms with E-state index in [-0.39, 0.29) is 6.09 Å². The fourth-order valence-electron chi connectivity index (χ4n) is 1.33. The molecule has 0 aliphatic heterocycles. The number of nitrogens with zero attached hydrogens (tertiary/aromatic N) is 1. The van der Waals surface area contributed by atoms with Gasteiger partial charge in [0.05, 0.1) is 6.61 Å². The van der Waals surface area contributed by atoms with E-state index in [0.29, 0.717) is 12.5 Å². The van der Waals surface area contributed by atoms with Crippen LogP contribution in [-0.4, -0.2) is 31.7 Å². The molecule has 13 heavy (non-hydrogen) atoms. The minimum Gasteiger partial charge on any atom is -0.449 e. The standard InChI is InChI=1S/C10H17NO2/c1-11(2)10(12)13-8-9-6-4-3-5-7-9/h4,6,9H,3,5,7-8H2,1-2H3. The van der Waals surface area contributed by atoms with E-state index < -0.39 is 0 Å². The molecule has 0 aromatic carbocycles. The summed E-state index contributed by atoms with van der Waals surface area (Å²) in [4.78, 5) is 12.5. The van der Waals surface area contributed by atoms with E-state index in [1.807, 2.05) is 0 Å². The third-order valence-corrected chi connectivity index (χ3v) is 2.14. The number of carbonyl (C=O) groups excluding carboxylic acids is 1. The summed E-state index contributed by atoms with van der Waals surface area (Å²) >= 11 is 0. The summed E-state index contributed by atoms with van der Waals surface area (Å²) in [7, 11) is 3.39. The maximum Gasteiger partial charge on any atom is 0.409 e. The molecule has 0 spiro atoms. The van der Waals surface area contributed by atoms with Gasteiger partial charge in [0.1, 0.15) is 0 Å². The van der Waals surface area contributed by atoms with Crippen LogP contribution in [0.2, 0.25) is 0 Å². The number of hydrogen-bond donors (Lipinski definition) is 0. The summed E-state index contributed by atoms with van der Waals surface area (Å²) in [5, 5.41) is 0.